The van der Waals surface area contributed by atoms with Gasteiger partial charge in [0.05, 0.1) is 17.3 Å². The molecule has 0 saturated heterocycles. The van der Waals surface area contributed by atoms with E-state index >= 15 is 0 Å². The normalized spacial score (nSPS) is 11.3. The number of pyridine rings is 1. The van der Waals surface area contributed by atoms with Crippen LogP contribution in [0.4, 0.5) is 13.2 Å². The monoisotopic (exact) mass is 304 g/mol. The van der Waals surface area contributed by atoms with Crippen LogP contribution in [-0.4, -0.2) is 21.1 Å². The Morgan fingerprint density at radius 1 is 1.18 bits per heavy atom. The maximum atomic E-state index is 13.4. The van der Waals surface area contributed by atoms with E-state index in [1.807, 2.05) is 0 Å². The van der Waals surface area contributed by atoms with Gasteiger partial charge in [-0.15, -0.1) is 0 Å². The first-order valence-electron chi connectivity index (χ1n) is 6.34. The largest absolute Gasteiger partial charge is 0.289 e. The van der Waals surface area contributed by atoms with Crippen LogP contribution in [0.25, 0.3) is 22.2 Å². The molecule has 2 heterocycles. The smallest absolute Gasteiger partial charge is 0.266 e. The quantitative estimate of drug-likeness (QED) is 0.743. The Labute approximate surface area is 123 Å². The number of hydrogen-bond donors (Lipinski definition) is 0. The van der Waals surface area contributed by atoms with Gasteiger partial charge in [0.25, 0.3) is 6.43 Å². The molecule has 7 heteroatoms. The summed E-state index contributed by atoms with van der Waals surface area (Å²) < 4.78 is 40.3. The summed E-state index contributed by atoms with van der Waals surface area (Å²) in [5.74, 6) is -0.951. The highest BCUT2D eigenvalue weighted by molar-refractivity contribution is 5.81. The minimum atomic E-state index is -2.90. The standard InChI is InChI=1S/C15H9F3N3O/c16-12-2-1-9(5-11(12)15(17)18)10-6-14-13(19-7-10)8-20-21(14)3-4-22/h1-2,5-8,15H,3H2. The second-order valence-electron chi connectivity index (χ2n) is 4.61. The molecule has 111 valence electrons. The van der Waals surface area contributed by atoms with E-state index in [4.69, 9.17) is 0 Å². The van der Waals surface area contributed by atoms with Crippen LogP contribution in [0, 0.1) is 5.82 Å². The number of halogens is 3. The molecular formula is C15H9F3N3O. The highest BCUT2D eigenvalue weighted by Crippen LogP contribution is 2.29. The van der Waals surface area contributed by atoms with Gasteiger partial charge in [-0.2, -0.15) is 5.10 Å². The molecular weight excluding hydrogens is 295 g/mol. The zero-order valence-electron chi connectivity index (χ0n) is 11.1. The molecule has 0 atom stereocenters. The molecule has 1 radical (unpaired) electrons. The lowest BCUT2D eigenvalue weighted by molar-refractivity contribution is 0.146. The topological polar surface area (TPSA) is 47.8 Å². The van der Waals surface area contributed by atoms with E-state index in [1.165, 1.54) is 23.1 Å². The number of alkyl halides is 2. The van der Waals surface area contributed by atoms with Crippen LogP contribution in [-0.2, 0) is 11.3 Å². The summed E-state index contributed by atoms with van der Waals surface area (Å²) in [5.41, 5.74) is 1.42. The number of carbonyl (C=O) groups excluding carboxylic acids is 1. The van der Waals surface area contributed by atoms with E-state index in [1.54, 1.807) is 12.4 Å². The second kappa shape index (κ2) is 5.59. The Kier molecular flexibility index (Phi) is 3.62. The van der Waals surface area contributed by atoms with Gasteiger partial charge in [-0.05, 0) is 23.8 Å². The van der Waals surface area contributed by atoms with Gasteiger partial charge in [-0.1, -0.05) is 6.07 Å². The summed E-state index contributed by atoms with van der Waals surface area (Å²) in [5, 5.41) is 3.99. The minimum Gasteiger partial charge on any atom is -0.289 e. The van der Waals surface area contributed by atoms with Crippen molar-refractivity contribution < 1.29 is 18.0 Å². The second-order valence-corrected chi connectivity index (χ2v) is 4.61. The molecule has 4 nitrogen and oxygen atoms in total. The lowest BCUT2D eigenvalue weighted by Crippen LogP contribution is -2.00. The fourth-order valence-corrected chi connectivity index (χ4v) is 2.19. The third-order valence-corrected chi connectivity index (χ3v) is 3.27. The van der Waals surface area contributed by atoms with Crippen molar-refractivity contribution in [1.29, 1.82) is 0 Å². The molecule has 0 bridgehead atoms. The maximum Gasteiger partial charge on any atom is 0.266 e. The number of benzene rings is 1. The number of hydrogen-bond acceptors (Lipinski definition) is 3. The molecule has 0 N–H and O–H groups in total. The number of aromatic nitrogens is 3. The molecule has 0 aliphatic carbocycles. The third kappa shape index (κ3) is 2.45. The molecule has 22 heavy (non-hydrogen) atoms. The van der Waals surface area contributed by atoms with E-state index in [2.05, 4.69) is 10.1 Å². The Bertz CT molecular complexity index is 845. The molecule has 0 aliphatic heterocycles. The Hall–Kier alpha value is -2.70. The van der Waals surface area contributed by atoms with E-state index in [9.17, 15) is 18.0 Å². The van der Waals surface area contributed by atoms with Crippen LogP contribution in [0.5, 0.6) is 0 Å². The molecule has 0 spiro atoms. The van der Waals surface area contributed by atoms with Crippen molar-refractivity contribution in [2.75, 3.05) is 0 Å². The first-order valence-corrected chi connectivity index (χ1v) is 6.34. The lowest BCUT2D eigenvalue weighted by Gasteiger charge is -2.07. The predicted octanol–water partition coefficient (Wildman–Crippen LogP) is 3.28. The van der Waals surface area contributed by atoms with Gasteiger partial charge in [0.1, 0.15) is 17.9 Å². The van der Waals surface area contributed by atoms with Crippen LogP contribution in [0.1, 0.15) is 12.0 Å². The Balaban J connectivity index is 2.11. The van der Waals surface area contributed by atoms with Crippen LogP contribution in [0.3, 0.4) is 0 Å². The zero-order valence-corrected chi connectivity index (χ0v) is 11.1. The molecule has 3 aromatic rings. The average molecular weight is 304 g/mol. The molecule has 2 aromatic heterocycles. The van der Waals surface area contributed by atoms with Crippen LogP contribution >= 0.6 is 0 Å². The lowest BCUT2D eigenvalue weighted by atomic mass is 10.0. The minimum absolute atomic E-state index is 0.0552. The first-order chi connectivity index (χ1) is 10.6. The molecule has 0 unspecified atom stereocenters. The summed E-state index contributed by atoms with van der Waals surface area (Å²) in [6.07, 6.45) is 1.81. The van der Waals surface area contributed by atoms with Gasteiger partial charge in [0.2, 0.25) is 6.29 Å². The number of nitrogens with zero attached hydrogens (tertiary/aromatic N) is 3. The maximum absolute atomic E-state index is 13.4. The summed E-state index contributed by atoms with van der Waals surface area (Å²) in [7, 11) is 0. The summed E-state index contributed by atoms with van der Waals surface area (Å²) in [6, 6.07) is 5.15. The van der Waals surface area contributed by atoms with Crippen LogP contribution < -0.4 is 0 Å². The SMILES string of the molecule is O=[C]Cn1ncc2ncc(-c3ccc(F)c(C(F)F)c3)cc21. The van der Waals surface area contributed by atoms with E-state index < -0.39 is 17.8 Å². The average Bonchev–Trinajstić information content (AvgIpc) is 2.90. The van der Waals surface area contributed by atoms with Gasteiger partial charge in [0.15, 0.2) is 0 Å². The third-order valence-electron chi connectivity index (χ3n) is 3.27. The fraction of sp³-hybridized carbons (Fsp3) is 0.133. The predicted molar refractivity (Wildman–Crippen MR) is 73.6 cm³/mol. The summed E-state index contributed by atoms with van der Waals surface area (Å²) in [4.78, 5) is 14.7. The molecule has 0 amide bonds. The fourth-order valence-electron chi connectivity index (χ4n) is 2.19. The van der Waals surface area contributed by atoms with E-state index in [0.29, 0.717) is 22.2 Å². The van der Waals surface area contributed by atoms with Gasteiger partial charge in [0, 0.05) is 11.8 Å². The molecule has 3 rings (SSSR count). The number of rotatable bonds is 4. The zero-order chi connectivity index (χ0) is 15.7. The summed E-state index contributed by atoms with van der Waals surface area (Å²) >= 11 is 0. The highest BCUT2D eigenvalue weighted by atomic mass is 19.3. The van der Waals surface area contributed by atoms with E-state index in [0.717, 1.165) is 12.1 Å². The van der Waals surface area contributed by atoms with Crippen molar-refractivity contribution in [3.05, 3.63) is 48.0 Å². The first kappa shape index (κ1) is 14.2. The van der Waals surface area contributed by atoms with Crippen LogP contribution in [0.15, 0.2) is 36.7 Å². The highest BCUT2D eigenvalue weighted by Gasteiger charge is 2.15. The van der Waals surface area contributed by atoms with Gasteiger partial charge < -0.3 is 0 Å². The van der Waals surface area contributed by atoms with Crippen LogP contribution in [0.2, 0.25) is 0 Å². The number of fused-ring (bicyclic) bond motifs is 1. The molecule has 1 aromatic carbocycles. The van der Waals surface area contributed by atoms with Gasteiger partial charge >= 0.3 is 0 Å². The van der Waals surface area contributed by atoms with Crippen molar-refractivity contribution in [3.63, 3.8) is 0 Å². The van der Waals surface area contributed by atoms with Gasteiger partial charge in [-0.25, -0.2) is 13.2 Å². The molecule has 0 saturated carbocycles. The molecule has 0 aliphatic rings. The van der Waals surface area contributed by atoms with Crippen molar-refractivity contribution in [2.45, 2.75) is 13.0 Å². The van der Waals surface area contributed by atoms with E-state index in [-0.39, 0.29) is 6.54 Å². The van der Waals surface area contributed by atoms with Gasteiger partial charge in [-0.3, -0.25) is 14.5 Å². The summed E-state index contributed by atoms with van der Waals surface area (Å²) in [6.45, 7) is -0.0552. The Morgan fingerprint density at radius 2 is 2.00 bits per heavy atom. The van der Waals surface area contributed by atoms with Crippen molar-refractivity contribution >= 4 is 17.3 Å². The van der Waals surface area contributed by atoms with Crippen molar-refractivity contribution in [2.24, 2.45) is 0 Å². The van der Waals surface area contributed by atoms with Crippen molar-refractivity contribution in [1.82, 2.24) is 14.8 Å². The van der Waals surface area contributed by atoms with Crippen molar-refractivity contribution in [3.8, 4) is 11.1 Å². The molecule has 0 fully saturated rings. The Morgan fingerprint density at radius 3 is 2.73 bits per heavy atom.